The van der Waals surface area contributed by atoms with E-state index >= 15 is 0 Å². The lowest BCUT2D eigenvalue weighted by Crippen LogP contribution is -2.28. The van der Waals surface area contributed by atoms with Crippen molar-refractivity contribution in [1.82, 2.24) is 10.2 Å². The number of amides is 1. The maximum absolute atomic E-state index is 12.4. The van der Waals surface area contributed by atoms with Gasteiger partial charge in [0.25, 0.3) is 5.91 Å². The average Bonchev–Trinajstić information content (AvgIpc) is 3.00. The number of anilines is 1. The third-order valence-electron chi connectivity index (χ3n) is 4.00. The highest BCUT2D eigenvalue weighted by molar-refractivity contribution is 7.80. The maximum atomic E-state index is 12.4. The Morgan fingerprint density at radius 3 is 2.50 bits per heavy atom. The number of thiocarbonyl (C=S) groups is 1. The lowest BCUT2D eigenvalue weighted by Gasteiger charge is -2.12. The largest absolute Gasteiger partial charge is 0.496 e. The molecule has 1 amide bonds. The van der Waals surface area contributed by atoms with Crippen LogP contribution in [0.4, 0.5) is 5.00 Å². The van der Waals surface area contributed by atoms with E-state index in [2.05, 4.69) is 10.6 Å². The number of ether oxygens (including phenoxy) is 2. The molecule has 1 aromatic heterocycles. The van der Waals surface area contributed by atoms with Crippen molar-refractivity contribution in [3.63, 3.8) is 0 Å². The molecule has 0 spiro atoms. The number of hydrogen-bond acceptors (Lipinski definition) is 6. The molecule has 9 heteroatoms. The van der Waals surface area contributed by atoms with Crippen molar-refractivity contribution in [1.29, 1.82) is 0 Å². The van der Waals surface area contributed by atoms with Gasteiger partial charge in [-0.25, -0.2) is 4.79 Å². The van der Waals surface area contributed by atoms with E-state index in [0.717, 1.165) is 11.3 Å². The van der Waals surface area contributed by atoms with E-state index < -0.39 is 5.97 Å². The summed E-state index contributed by atoms with van der Waals surface area (Å²) >= 11 is 6.53. The number of nitrogens with zero attached hydrogens (tertiary/aromatic N) is 1. The summed E-state index contributed by atoms with van der Waals surface area (Å²) in [5, 5.41) is 6.89. The van der Waals surface area contributed by atoms with E-state index in [9.17, 15) is 9.59 Å². The van der Waals surface area contributed by atoms with Crippen LogP contribution in [-0.2, 0) is 11.3 Å². The number of rotatable bonds is 6. The summed E-state index contributed by atoms with van der Waals surface area (Å²) in [6.45, 7) is 2.16. The smallest absolute Gasteiger partial charge is 0.341 e. The molecular weight excluding hydrogens is 398 g/mol. The standard InChI is InChI=1S/C19H23N3O4S2/c1-11-14(18(24)26-5)16(28-15(11)17(23)22(2)3)21-19(27)20-10-12-8-6-7-9-13(12)25-4/h6-9H,10H2,1-5H3,(H2,20,21,27). The summed E-state index contributed by atoms with van der Waals surface area (Å²) in [6, 6.07) is 7.59. The van der Waals surface area contributed by atoms with Crippen molar-refractivity contribution in [2.45, 2.75) is 13.5 Å². The molecule has 0 fully saturated rings. The fraction of sp³-hybridized carbons (Fsp3) is 0.316. The molecule has 0 bridgehead atoms. The van der Waals surface area contributed by atoms with Crippen LogP contribution in [0.3, 0.4) is 0 Å². The van der Waals surface area contributed by atoms with Crippen LogP contribution in [0.2, 0.25) is 0 Å². The van der Waals surface area contributed by atoms with E-state index in [1.807, 2.05) is 24.3 Å². The first-order chi connectivity index (χ1) is 13.3. The van der Waals surface area contributed by atoms with Crippen LogP contribution in [0.25, 0.3) is 0 Å². The molecule has 0 aliphatic rings. The van der Waals surface area contributed by atoms with Gasteiger partial charge in [-0.05, 0) is 30.8 Å². The van der Waals surface area contributed by atoms with Crippen LogP contribution < -0.4 is 15.4 Å². The van der Waals surface area contributed by atoms with Crippen LogP contribution >= 0.6 is 23.6 Å². The van der Waals surface area contributed by atoms with Gasteiger partial charge in [-0.2, -0.15) is 0 Å². The average molecular weight is 422 g/mol. The third kappa shape index (κ3) is 4.79. The molecule has 7 nitrogen and oxygen atoms in total. The second kappa shape index (κ2) is 9.52. The topological polar surface area (TPSA) is 79.9 Å². The van der Waals surface area contributed by atoms with Crippen LogP contribution in [0, 0.1) is 6.92 Å². The van der Waals surface area contributed by atoms with Gasteiger partial charge in [0.2, 0.25) is 0 Å². The van der Waals surface area contributed by atoms with E-state index in [0.29, 0.717) is 32.7 Å². The number of thiophene rings is 1. The Morgan fingerprint density at radius 1 is 1.21 bits per heavy atom. The molecule has 0 aliphatic carbocycles. The molecule has 2 aromatic rings. The van der Waals surface area contributed by atoms with Crippen molar-refractivity contribution in [2.75, 3.05) is 33.6 Å². The number of carbonyl (C=O) groups is 2. The van der Waals surface area contributed by atoms with Gasteiger partial charge in [0.15, 0.2) is 5.11 Å². The van der Waals surface area contributed by atoms with Gasteiger partial charge >= 0.3 is 5.97 Å². The summed E-state index contributed by atoms with van der Waals surface area (Å²) in [7, 11) is 6.22. The summed E-state index contributed by atoms with van der Waals surface area (Å²) in [6.07, 6.45) is 0. The zero-order valence-corrected chi connectivity index (χ0v) is 18.0. The molecule has 28 heavy (non-hydrogen) atoms. The van der Waals surface area contributed by atoms with Crippen molar-refractivity contribution in [3.05, 3.63) is 45.8 Å². The molecule has 1 aromatic carbocycles. The van der Waals surface area contributed by atoms with Crippen molar-refractivity contribution in [3.8, 4) is 5.75 Å². The lowest BCUT2D eigenvalue weighted by atomic mass is 10.1. The van der Waals surface area contributed by atoms with Gasteiger partial charge in [0.1, 0.15) is 10.8 Å². The number of para-hydroxylation sites is 1. The van der Waals surface area contributed by atoms with Crippen molar-refractivity contribution in [2.24, 2.45) is 0 Å². The van der Waals surface area contributed by atoms with E-state index in [1.54, 1.807) is 28.1 Å². The number of methoxy groups -OCH3 is 2. The normalized spacial score (nSPS) is 10.2. The Morgan fingerprint density at radius 2 is 1.89 bits per heavy atom. The molecule has 0 radical (unpaired) electrons. The minimum absolute atomic E-state index is 0.186. The summed E-state index contributed by atoms with van der Waals surface area (Å²) in [5.74, 6) is 0.0362. The molecular formula is C19H23N3O4S2. The Hall–Kier alpha value is -2.65. The van der Waals surface area contributed by atoms with Gasteiger partial charge in [-0.15, -0.1) is 11.3 Å². The fourth-order valence-corrected chi connectivity index (χ4v) is 3.99. The fourth-order valence-electron chi connectivity index (χ4n) is 2.53. The zero-order chi connectivity index (χ0) is 20.8. The molecule has 0 aliphatic heterocycles. The highest BCUT2D eigenvalue weighted by atomic mass is 32.1. The number of benzene rings is 1. The van der Waals surface area contributed by atoms with E-state index in [4.69, 9.17) is 21.7 Å². The highest BCUT2D eigenvalue weighted by Gasteiger charge is 2.26. The van der Waals surface area contributed by atoms with Gasteiger partial charge in [0, 0.05) is 26.2 Å². The molecule has 0 saturated carbocycles. The Kier molecular flexibility index (Phi) is 7.36. The predicted molar refractivity (Wildman–Crippen MR) is 114 cm³/mol. The third-order valence-corrected chi connectivity index (χ3v) is 5.44. The van der Waals surface area contributed by atoms with E-state index in [1.165, 1.54) is 23.3 Å². The second-order valence-electron chi connectivity index (χ2n) is 6.07. The SMILES string of the molecule is COC(=O)c1c(NC(=S)NCc2ccccc2OC)sc(C(=O)N(C)C)c1C. The Labute approximate surface area is 173 Å². The van der Waals surface area contributed by atoms with Crippen molar-refractivity contribution >= 4 is 45.5 Å². The molecule has 0 saturated heterocycles. The molecule has 2 N–H and O–H groups in total. The summed E-state index contributed by atoms with van der Waals surface area (Å²) in [4.78, 5) is 26.6. The lowest BCUT2D eigenvalue weighted by molar-refractivity contribution is 0.0601. The monoisotopic (exact) mass is 421 g/mol. The Bertz CT molecular complexity index is 893. The summed E-state index contributed by atoms with van der Waals surface area (Å²) < 4.78 is 10.2. The molecule has 0 unspecified atom stereocenters. The first kappa shape index (κ1) is 21.6. The van der Waals surface area contributed by atoms with Gasteiger partial charge in [-0.3, -0.25) is 4.79 Å². The zero-order valence-electron chi connectivity index (χ0n) is 16.4. The van der Waals surface area contributed by atoms with Gasteiger partial charge < -0.3 is 25.0 Å². The van der Waals surface area contributed by atoms with Crippen LogP contribution in [0.1, 0.15) is 31.2 Å². The molecule has 150 valence electrons. The number of hydrogen-bond donors (Lipinski definition) is 2. The highest BCUT2D eigenvalue weighted by Crippen LogP contribution is 2.34. The first-order valence-electron chi connectivity index (χ1n) is 8.40. The van der Waals surface area contributed by atoms with Gasteiger partial charge in [-0.1, -0.05) is 18.2 Å². The second-order valence-corrected chi connectivity index (χ2v) is 7.50. The number of nitrogens with one attached hydrogen (secondary N) is 2. The number of esters is 1. The minimum atomic E-state index is -0.526. The minimum Gasteiger partial charge on any atom is -0.496 e. The molecule has 1 heterocycles. The number of carbonyl (C=O) groups excluding carboxylic acids is 2. The van der Waals surface area contributed by atoms with E-state index in [-0.39, 0.29) is 5.91 Å². The van der Waals surface area contributed by atoms with Crippen LogP contribution in [0.15, 0.2) is 24.3 Å². The van der Waals surface area contributed by atoms with Crippen LogP contribution in [-0.4, -0.2) is 50.2 Å². The molecule has 2 rings (SSSR count). The maximum Gasteiger partial charge on any atom is 0.341 e. The summed E-state index contributed by atoms with van der Waals surface area (Å²) in [5.41, 5.74) is 1.80. The predicted octanol–water partition coefficient (Wildman–Crippen LogP) is 3.04. The van der Waals surface area contributed by atoms with Crippen LogP contribution in [0.5, 0.6) is 5.75 Å². The quantitative estimate of drug-likeness (QED) is 0.548. The van der Waals surface area contributed by atoms with Gasteiger partial charge in [0.05, 0.1) is 24.7 Å². The molecule has 0 atom stereocenters. The Balaban J connectivity index is 2.22. The van der Waals surface area contributed by atoms with Crippen molar-refractivity contribution < 1.29 is 19.1 Å². The first-order valence-corrected chi connectivity index (χ1v) is 9.62.